The van der Waals surface area contributed by atoms with Gasteiger partial charge in [-0.25, -0.2) is 11.0 Å². The van der Waals surface area contributed by atoms with Gasteiger partial charge in [0.2, 0.25) is 0 Å². The van der Waals surface area contributed by atoms with Crippen molar-refractivity contribution in [3.05, 3.63) is 35.9 Å². The molecule has 7 nitrogen and oxygen atoms in total. The maximum Gasteiger partial charge on any atom is 0.132 e. The van der Waals surface area contributed by atoms with E-state index in [0.717, 1.165) is 40.8 Å². The van der Waals surface area contributed by atoms with E-state index in [1.807, 2.05) is 37.4 Å². The zero-order valence-electron chi connectivity index (χ0n) is 15.2. The number of fused-ring (bicyclic) bond motifs is 1. The second kappa shape index (κ2) is 8.55. The summed E-state index contributed by atoms with van der Waals surface area (Å²) in [6.07, 6.45) is 0.724. The maximum atomic E-state index is 6.19. The summed E-state index contributed by atoms with van der Waals surface area (Å²) in [5, 5.41) is 10.7. The van der Waals surface area contributed by atoms with Crippen LogP contribution in [0.2, 0.25) is 0 Å². The molecule has 0 aromatic heterocycles. The number of hydrazine groups is 1. The molecule has 0 spiro atoms. The monoisotopic (exact) mass is 345 g/mol. The second-order valence-corrected chi connectivity index (χ2v) is 5.78. The summed E-state index contributed by atoms with van der Waals surface area (Å²) in [5.74, 6) is 8.11. The normalized spacial score (nSPS) is 12.9. The smallest absolute Gasteiger partial charge is 0.132 e. The van der Waals surface area contributed by atoms with Gasteiger partial charge >= 0.3 is 0 Å². The number of hydrogen-bond acceptors (Lipinski definition) is 6. The predicted octanol–water partition coefficient (Wildman–Crippen LogP) is 1.98. The molecule has 0 fully saturated rings. The van der Waals surface area contributed by atoms with Gasteiger partial charge in [0.05, 0.1) is 20.3 Å². The van der Waals surface area contributed by atoms with Crippen LogP contribution in [-0.2, 0) is 0 Å². The molecule has 0 aliphatic rings. The highest BCUT2D eigenvalue weighted by molar-refractivity contribution is 5.94. The highest BCUT2D eigenvalue weighted by Crippen LogP contribution is 2.41. The van der Waals surface area contributed by atoms with Gasteiger partial charge in [0.1, 0.15) is 17.3 Å². The Morgan fingerprint density at radius 1 is 1.24 bits per heavy atom. The maximum absolute atomic E-state index is 6.19. The van der Waals surface area contributed by atoms with E-state index in [2.05, 4.69) is 10.4 Å². The second-order valence-electron chi connectivity index (χ2n) is 5.78. The minimum absolute atomic E-state index is 0.223. The van der Waals surface area contributed by atoms with Gasteiger partial charge in [-0.3, -0.25) is 0 Å². The SMILES string of the molecule is CNCCC(c1cc(OC)c2ccccc2c1OC)N(N)/N=C(/C)N. The summed E-state index contributed by atoms with van der Waals surface area (Å²) >= 11 is 0. The van der Waals surface area contributed by atoms with Crippen LogP contribution in [0.15, 0.2) is 35.4 Å². The molecule has 0 aliphatic heterocycles. The van der Waals surface area contributed by atoms with Crippen molar-refractivity contribution >= 4 is 16.6 Å². The lowest BCUT2D eigenvalue weighted by Crippen LogP contribution is -2.34. The van der Waals surface area contributed by atoms with Gasteiger partial charge in [-0.15, -0.1) is 5.10 Å². The molecule has 0 radical (unpaired) electrons. The summed E-state index contributed by atoms with van der Waals surface area (Å²) in [6.45, 7) is 2.46. The molecule has 2 aromatic rings. The fourth-order valence-corrected chi connectivity index (χ4v) is 2.94. The Morgan fingerprint density at radius 3 is 2.48 bits per heavy atom. The number of hydrogen-bond donors (Lipinski definition) is 3. The molecule has 1 unspecified atom stereocenters. The number of nitrogens with zero attached hydrogens (tertiary/aromatic N) is 2. The van der Waals surface area contributed by atoms with Crippen LogP contribution in [0.25, 0.3) is 10.8 Å². The van der Waals surface area contributed by atoms with Gasteiger partial charge in [-0.1, -0.05) is 24.3 Å². The third-order valence-electron chi connectivity index (χ3n) is 4.03. The molecule has 0 saturated carbocycles. The lowest BCUT2D eigenvalue weighted by Gasteiger charge is -2.28. The molecule has 2 rings (SSSR count). The van der Waals surface area contributed by atoms with E-state index in [4.69, 9.17) is 21.1 Å². The molecule has 25 heavy (non-hydrogen) atoms. The zero-order chi connectivity index (χ0) is 18.4. The first-order valence-electron chi connectivity index (χ1n) is 8.16. The van der Waals surface area contributed by atoms with Gasteiger partial charge in [0.15, 0.2) is 0 Å². The molecule has 2 aromatic carbocycles. The first-order chi connectivity index (χ1) is 12.0. The minimum atomic E-state index is -0.223. The Labute approximate surface area is 148 Å². The fraction of sp³-hybridized carbons (Fsp3) is 0.389. The topological polar surface area (TPSA) is 98.1 Å². The van der Waals surface area contributed by atoms with E-state index in [1.165, 1.54) is 5.12 Å². The van der Waals surface area contributed by atoms with Crippen LogP contribution in [0.5, 0.6) is 11.5 Å². The van der Waals surface area contributed by atoms with Gasteiger partial charge in [-0.05, 0) is 33.0 Å². The Hall–Kier alpha value is -2.51. The molecule has 0 amide bonds. The molecular formula is C18H27N5O2. The number of nitrogens with two attached hydrogens (primary N) is 2. The highest BCUT2D eigenvalue weighted by Gasteiger charge is 2.24. The lowest BCUT2D eigenvalue weighted by atomic mass is 9.97. The van der Waals surface area contributed by atoms with E-state index in [0.29, 0.717) is 5.84 Å². The first-order valence-corrected chi connectivity index (χ1v) is 8.16. The van der Waals surface area contributed by atoms with E-state index < -0.39 is 0 Å². The lowest BCUT2D eigenvalue weighted by molar-refractivity contribution is 0.196. The molecule has 5 N–H and O–H groups in total. The third-order valence-corrected chi connectivity index (χ3v) is 4.03. The molecule has 1 atom stereocenters. The Bertz CT molecular complexity index is 744. The summed E-state index contributed by atoms with van der Waals surface area (Å²) in [7, 11) is 5.21. The summed E-state index contributed by atoms with van der Waals surface area (Å²) < 4.78 is 11.3. The number of benzene rings is 2. The minimum Gasteiger partial charge on any atom is -0.496 e. The molecule has 0 bridgehead atoms. The Balaban J connectivity index is 2.66. The van der Waals surface area contributed by atoms with Gasteiger partial charge in [0, 0.05) is 16.3 Å². The van der Waals surface area contributed by atoms with Crippen LogP contribution in [0.3, 0.4) is 0 Å². The molecule has 0 saturated heterocycles. The van der Waals surface area contributed by atoms with Crippen molar-refractivity contribution in [3.8, 4) is 11.5 Å². The quantitative estimate of drug-likeness (QED) is 0.293. The van der Waals surface area contributed by atoms with Crippen LogP contribution in [0.4, 0.5) is 0 Å². The number of hydrazone groups is 1. The van der Waals surface area contributed by atoms with Crippen molar-refractivity contribution in [1.82, 2.24) is 10.4 Å². The van der Waals surface area contributed by atoms with Crippen molar-refractivity contribution in [3.63, 3.8) is 0 Å². The van der Waals surface area contributed by atoms with Crippen LogP contribution < -0.4 is 26.4 Å². The number of ether oxygens (including phenoxy) is 2. The fourth-order valence-electron chi connectivity index (χ4n) is 2.94. The largest absolute Gasteiger partial charge is 0.496 e. The molecular weight excluding hydrogens is 318 g/mol. The van der Waals surface area contributed by atoms with Crippen molar-refractivity contribution in [2.45, 2.75) is 19.4 Å². The predicted molar refractivity (Wildman–Crippen MR) is 102 cm³/mol. The van der Waals surface area contributed by atoms with E-state index >= 15 is 0 Å². The van der Waals surface area contributed by atoms with Crippen molar-refractivity contribution < 1.29 is 9.47 Å². The number of amidine groups is 1. The van der Waals surface area contributed by atoms with E-state index in [1.54, 1.807) is 21.1 Å². The molecule has 7 heteroatoms. The van der Waals surface area contributed by atoms with Crippen LogP contribution in [0, 0.1) is 0 Å². The number of nitrogens with one attached hydrogen (secondary N) is 1. The van der Waals surface area contributed by atoms with Gasteiger partial charge < -0.3 is 20.5 Å². The average molecular weight is 345 g/mol. The summed E-state index contributed by atoms with van der Waals surface area (Å²) in [4.78, 5) is 0. The number of rotatable bonds is 8. The van der Waals surface area contributed by atoms with E-state index in [-0.39, 0.29) is 6.04 Å². The summed E-state index contributed by atoms with van der Waals surface area (Å²) in [5.41, 5.74) is 6.62. The highest BCUT2D eigenvalue weighted by atomic mass is 16.5. The van der Waals surface area contributed by atoms with Gasteiger partial charge in [0.25, 0.3) is 0 Å². The summed E-state index contributed by atoms with van der Waals surface area (Å²) in [6, 6.07) is 9.69. The standard InChI is InChI=1S/C18H27N5O2/c1-12(19)22-23(20)16(9-10-21-2)15-11-17(24-3)13-7-5-6-8-14(13)18(15)25-4/h5-8,11,16,21H,9-10,20H2,1-4H3,(H2,19,22). The first kappa shape index (κ1) is 18.8. The Morgan fingerprint density at radius 2 is 1.92 bits per heavy atom. The average Bonchev–Trinajstić information content (AvgIpc) is 2.60. The Kier molecular flexibility index (Phi) is 6.44. The molecule has 136 valence electrons. The van der Waals surface area contributed by atoms with Crippen molar-refractivity contribution in [2.75, 3.05) is 27.8 Å². The van der Waals surface area contributed by atoms with Crippen LogP contribution in [0.1, 0.15) is 24.9 Å². The van der Waals surface area contributed by atoms with Gasteiger partial charge in [-0.2, -0.15) is 0 Å². The zero-order valence-corrected chi connectivity index (χ0v) is 15.2. The third kappa shape index (κ3) is 4.12. The van der Waals surface area contributed by atoms with E-state index in [9.17, 15) is 0 Å². The number of methoxy groups -OCH3 is 2. The van der Waals surface area contributed by atoms with Crippen LogP contribution in [-0.4, -0.2) is 38.8 Å². The van der Waals surface area contributed by atoms with Crippen molar-refractivity contribution in [1.29, 1.82) is 0 Å². The van der Waals surface area contributed by atoms with Crippen LogP contribution >= 0.6 is 0 Å². The molecule has 0 heterocycles. The van der Waals surface area contributed by atoms with Crippen molar-refractivity contribution in [2.24, 2.45) is 16.7 Å². The molecule has 0 aliphatic carbocycles.